The predicted molar refractivity (Wildman–Crippen MR) is 204 cm³/mol. The monoisotopic (exact) mass is 919 g/mol. The number of non-ortho nitro benzene ring substituents is 1. The molecule has 0 bridgehead atoms. The number of aromatic hydroxyl groups is 3. The van der Waals surface area contributed by atoms with Crippen LogP contribution in [0.15, 0.2) is 129 Å². The van der Waals surface area contributed by atoms with E-state index in [2.05, 4.69) is 40.9 Å². The zero-order chi connectivity index (χ0) is 44.8. The number of hydrogen-bond donors (Lipinski definition) is 8. The summed E-state index contributed by atoms with van der Waals surface area (Å²) < 4.78 is 138. The molecule has 26 nitrogen and oxygen atoms in total. The largest absolute Gasteiger partial charge is 0.505 e. The van der Waals surface area contributed by atoms with Gasteiger partial charge in [-0.3, -0.25) is 28.3 Å². The SMILES string of the molecule is O=[N+]([O-])c1ccc(/N=N/c2c(S(=O)(=O)O)cc3cc(S(=O)(=O)O)c(/N=N/c4ccc(/N=N/c5c(-c6ccccc6)n[nH]c5O)cc4S(=O)(=O)O)c(O)c3c2O)c(S(=O)(=O)O)c1. The highest BCUT2D eigenvalue weighted by molar-refractivity contribution is 7.86. The van der Waals surface area contributed by atoms with E-state index in [0.29, 0.717) is 35.9 Å². The molecule has 6 rings (SSSR count). The van der Waals surface area contributed by atoms with Gasteiger partial charge in [-0.2, -0.15) is 43.9 Å². The Balaban J connectivity index is 1.50. The summed E-state index contributed by atoms with van der Waals surface area (Å²) in [5.41, 5.74) is -4.84. The molecule has 1 aromatic heterocycles. The average molecular weight is 920 g/mol. The number of phenols is 2. The predicted octanol–water partition coefficient (Wildman–Crippen LogP) is 6.49. The molecule has 0 amide bonds. The van der Waals surface area contributed by atoms with Gasteiger partial charge in [-0.1, -0.05) is 30.3 Å². The maximum absolute atomic E-state index is 12.5. The van der Waals surface area contributed by atoms with E-state index in [1.807, 2.05) is 0 Å². The van der Waals surface area contributed by atoms with Crippen LogP contribution in [0.2, 0.25) is 0 Å². The van der Waals surface area contributed by atoms with Gasteiger partial charge in [0.15, 0.2) is 17.2 Å². The zero-order valence-corrected chi connectivity index (χ0v) is 32.7. The number of rotatable bonds is 12. The summed E-state index contributed by atoms with van der Waals surface area (Å²) in [5, 5.41) is 70.1. The number of phenolic OH excluding ortho intramolecular Hbond substituents is 2. The molecule has 0 aliphatic rings. The van der Waals surface area contributed by atoms with Gasteiger partial charge in [-0.25, -0.2) is 5.10 Å². The Morgan fingerprint density at radius 2 is 1.03 bits per heavy atom. The van der Waals surface area contributed by atoms with Crippen molar-refractivity contribution in [1.82, 2.24) is 10.2 Å². The van der Waals surface area contributed by atoms with Gasteiger partial charge >= 0.3 is 0 Å². The number of nitro benzene ring substituents is 1. The Morgan fingerprint density at radius 1 is 0.557 bits per heavy atom. The maximum Gasteiger partial charge on any atom is 0.297 e. The van der Waals surface area contributed by atoms with Crippen molar-refractivity contribution in [3.8, 4) is 28.6 Å². The summed E-state index contributed by atoms with van der Waals surface area (Å²) in [6.45, 7) is 0. The number of nitrogens with one attached hydrogen (secondary N) is 1. The van der Waals surface area contributed by atoms with Crippen LogP contribution in [-0.2, 0) is 40.5 Å². The third kappa shape index (κ3) is 9.04. The number of H-pyrrole nitrogens is 1. The summed E-state index contributed by atoms with van der Waals surface area (Å²) in [6, 6.07) is 13.5. The molecule has 0 fully saturated rings. The molecule has 61 heavy (non-hydrogen) atoms. The molecule has 0 saturated heterocycles. The van der Waals surface area contributed by atoms with Crippen LogP contribution in [-0.4, -0.2) is 82.3 Å². The topological polar surface area (TPSA) is 424 Å². The van der Waals surface area contributed by atoms with Crippen molar-refractivity contribution in [2.45, 2.75) is 19.6 Å². The maximum atomic E-state index is 12.5. The van der Waals surface area contributed by atoms with Crippen LogP contribution in [0.3, 0.4) is 0 Å². The number of aromatic nitrogens is 2. The highest BCUT2D eigenvalue weighted by Gasteiger charge is 2.30. The van der Waals surface area contributed by atoms with Crippen molar-refractivity contribution in [3.05, 3.63) is 89.0 Å². The number of benzene rings is 5. The second kappa shape index (κ2) is 15.8. The molecule has 0 saturated carbocycles. The second-order valence-electron chi connectivity index (χ2n) is 11.9. The number of fused-ring (bicyclic) bond motifs is 1. The van der Waals surface area contributed by atoms with Crippen molar-refractivity contribution in [1.29, 1.82) is 0 Å². The molecule has 6 aromatic rings. The molecule has 1 heterocycles. The highest BCUT2D eigenvalue weighted by Crippen LogP contribution is 2.50. The van der Waals surface area contributed by atoms with Crippen molar-refractivity contribution in [2.75, 3.05) is 0 Å². The van der Waals surface area contributed by atoms with Crippen molar-refractivity contribution in [2.24, 2.45) is 30.7 Å². The lowest BCUT2D eigenvalue weighted by Gasteiger charge is -2.13. The van der Waals surface area contributed by atoms with Crippen LogP contribution in [0.1, 0.15) is 0 Å². The van der Waals surface area contributed by atoms with Gasteiger partial charge in [0.1, 0.15) is 48.0 Å². The Labute approximate surface area is 340 Å². The van der Waals surface area contributed by atoms with E-state index >= 15 is 0 Å². The first-order valence-electron chi connectivity index (χ1n) is 15.8. The van der Waals surface area contributed by atoms with Crippen LogP contribution in [0.25, 0.3) is 22.0 Å². The number of nitrogens with zero attached hydrogens (tertiary/aromatic N) is 8. The molecular formula is C31H21N9O17S4. The fourth-order valence-electron chi connectivity index (χ4n) is 5.34. The van der Waals surface area contributed by atoms with E-state index < -0.39 is 122 Å². The number of azo groups is 3. The van der Waals surface area contributed by atoms with Crippen LogP contribution >= 0.6 is 0 Å². The van der Waals surface area contributed by atoms with Crippen molar-refractivity contribution >= 4 is 91.1 Å². The molecule has 0 atom stereocenters. The van der Waals surface area contributed by atoms with Crippen molar-refractivity contribution in [3.63, 3.8) is 0 Å². The molecule has 0 aliphatic carbocycles. The lowest BCUT2D eigenvalue weighted by molar-refractivity contribution is -0.385. The first-order valence-corrected chi connectivity index (χ1v) is 21.6. The van der Waals surface area contributed by atoms with Crippen molar-refractivity contribution < 1.29 is 72.1 Å². The highest BCUT2D eigenvalue weighted by atomic mass is 32.2. The minimum Gasteiger partial charge on any atom is -0.505 e. The van der Waals surface area contributed by atoms with Crippen LogP contribution in [0, 0.1) is 10.1 Å². The molecular weight excluding hydrogens is 899 g/mol. The standard InChI is InChI=1S/C31H21N9O17S4/c41-29-24-15(11-23(61(55,56)57)27(30(24)42)37-34-19-9-7-17(40(44)45)13-21(19)59(49,50)51)10-22(60(52,53)54)26(29)36-33-18-8-6-16(12-20(18)58(46,47)48)32-38-28-25(35-39-31(28)43)14-4-2-1-3-5-14/h1-13,41-42H,(H2,35,39,43)(H,46,47,48)(H,49,50,51)(H,52,53,54)(H,55,56,57)/b36-33+,37-34+,38-32+. The first-order chi connectivity index (χ1) is 28.4. The van der Waals surface area contributed by atoms with E-state index in [9.17, 15) is 77.3 Å². The lowest BCUT2D eigenvalue weighted by atomic mass is 10.1. The zero-order valence-electron chi connectivity index (χ0n) is 29.4. The van der Waals surface area contributed by atoms with Crippen LogP contribution in [0.5, 0.6) is 17.4 Å². The van der Waals surface area contributed by atoms with E-state index in [0.717, 1.165) is 18.2 Å². The smallest absolute Gasteiger partial charge is 0.297 e. The minimum absolute atomic E-state index is 0.151. The summed E-state index contributed by atoms with van der Waals surface area (Å²) in [4.78, 5) is 5.13. The summed E-state index contributed by atoms with van der Waals surface area (Å²) >= 11 is 0. The Bertz CT molecular complexity index is 3380. The van der Waals surface area contributed by atoms with Crippen LogP contribution in [0.4, 0.5) is 39.8 Å². The van der Waals surface area contributed by atoms with Gasteiger partial charge < -0.3 is 15.3 Å². The normalized spacial score (nSPS) is 12.9. The molecule has 0 unspecified atom stereocenters. The van der Waals surface area contributed by atoms with E-state index in [1.54, 1.807) is 30.3 Å². The van der Waals surface area contributed by atoms with Gasteiger partial charge in [-0.15, -0.1) is 25.6 Å². The Kier molecular flexibility index (Phi) is 11.2. The number of aromatic amines is 1. The molecule has 316 valence electrons. The molecule has 0 aliphatic heterocycles. The summed E-state index contributed by atoms with van der Waals surface area (Å²) in [5.74, 6) is -3.40. The summed E-state index contributed by atoms with van der Waals surface area (Å²) in [7, 11) is -21.5. The van der Waals surface area contributed by atoms with E-state index in [4.69, 9.17) is 0 Å². The fraction of sp³-hybridized carbons (Fsp3) is 0. The second-order valence-corrected chi connectivity index (χ2v) is 17.5. The van der Waals surface area contributed by atoms with Gasteiger partial charge in [0.25, 0.3) is 46.2 Å². The van der Waals surface area contributed by atoms with Gasteiger partial charge in [-0.05, 0) is 41.8 Å². The van der Waals surface area contributed by atoms with Gasteiger partial charge in [0, 0.05) is 17.7 Å². The number of hydrogen-bond acceptors (Lipinski definition) is 20. The average Bonchev–Trinajstić information content (AvgIpc) is 3.54. The quantitative estimate of drug-likeness (QED) is 0.0281. The van der Waals surface area contributed by atoms with Gasteiger partial charge in [0.2, 0.25) is 5.88 Å². The van der Waals surface area contributed by atoms with Crippen LogP contribution < -0.4 is 0 Å². The first kappa shape index (κ1) is 43.4. The molecule has 0 spiro atoms. The Morgan fingerprint density at radius 3 is 1.52 bits per heavy atom. The minimum atomic E-state index is -5.50. The molecule has 0 radical (unpaired) electrons. The van der Waals surface area contributed by atoms with E-state index in [-0.39, 0.29) is 17.1 Å². The number of nitro groups is 1. The third-order valence-corrected chi connectivity index (χ3v) is 11.5. The van der Waals surface area contributed by atoms with E-state index in [1.165, 1.54) is 0 Å². The fourth-order valence-corrected chi connectivity index (χ4v) is 7.94. The lowest BCUT2D eigenvalue weighted by Crippen LogP contribution is -2.02. The molecule has 5 aromatic carbocycles. The summed E-state index contributed by atoms with van der Waals surface area (Å²) in [6.07, 6.45) is 0. The Hall–Kier alpha value is -7.19. The molecule has 30 heteroatoms. The van der Waals surface area contributed by atoms with Gasteiger partial charge in [0.05, 0.1) is 16.0 Å². The third-order valence-electron chi connectivity index (χ3n) is 8.01. The molecule has 8 N–H and O–H groups in total.